The van der Waals surface area contributed by atoms with Crippen LogP contribution in [-0.4, -0.2) is 69.2 Å². The van der Waals surface area contributed by atoms with Gasteiger partial charge in [-0.15, -0.1) is 0 Å². The normalized spacial score (nSPS) is 19.0. The SMILES string of the molecule is Cc1cc2[nH]ncc2c(-c2c(Cl)cc3c(nc(OCC4CCCN4C)c4cnn(C5CCNCC5)c43)c2F)c1C. The number of piperidine rings is 1. The Hall–Kier alpha value is -3.27. The maximum Gasteiger partial charge on any atom is 0.225 e. The van der Waals surface area contributed by atoms with Gasteiger partial charge in [-0.3, -0.25) is 9.78 Å². The number of aromatic amines is 1. The number of aromatic nitrogens is 5. The van der Waals surface area contributed by atoms with Gasteiger partial charge in [-0.1, -0.05) is 11.6 Å². The van der Waals surface area contributed by atoms with E-state index in [2.05, 4.69) is 27.5 Å². The Labute approximate surface area is 236 Å². The van der Waals surface area contributed by atoms with E-state index in [9.17, 15) is 0 Å². The van der Waals surface area contributed by atoms with Crippen molar-refractivity contribution < 1.29 is 9.13 Å². The predicted molar refractivity (Wildman–Crippen MR) is 157 cm³/mol. The first-order chi connectivity index (χ1) is 19.4. The molecule has 0 bridgehead atoms. The maximum absolute atomic E-state index is 16.9. The molecule has 2 aliphatic rings. The Morgan fingerprint density at radius 1 is 1.07 bits per heavy atom. The van der Waals surface area contributed by atoms with Crippen LogP contribution in [0.3, 0.4) is 0 Å². The quantitative estimate of drug-likeness (QED) is 0.276. The number of fused-ring (bicyclic) bond motifs is 4. The van der Waals surface area contributed by atoms with Gasteiger partial charge in [0.05, 0.1) is 39.9 Å². The van der Waals surface area contributed by atoms with Crippen LogP contribution in [0.25, 0.3) is 43.8 Å². The summed E-state index contributed by atoms with van der Waals surface area (Å²) in [4.78, 5) is 7.14. The molecule has 1 atom stereocenters. The smallest absolute Gasteiger partial charge is 0.225 e. The van der Waals surface area contributed by atoms with Crippen molar-refractivity contribution in [2.45, 2.75) is 51.6 Å². The zero-order valence-electron chi connectivity index (χ0n) is 23.0. The van der Waals surface area contributed by atoms with Gasteiger partial charge in [-0.2, -0.15) is 10.2 Å². The summed E-state index contributed by atoms with van der Waals surface area (Å²) in [6.45, 7) is 7.39. The van der Waals surface area contributed by atoms with Crippen molar-refractivity contribution in [2.75, 3.05) is 33.3 Å². The number of halogens is 2. The Kier molecular flexibility index (Phi) is 6.40. The van der Waals surface area contributed by atoms with Crippen molar-refractivity contribution in [3.63, 3.8) is 0 Å². The number of likely N-dealkylation sites (tertiary alicyclic amines) is 1. The highest BCUT2D eigenvalue weighted by atomic mass is 35.5. The molecule has 0 radical (unpaired) electrons. The van der Waals surface area contributed by atoms with E-state index in [0.717, 1.165) is 83.8 Å². The fourth-order valence-corrected chi connectivity index (χ4v) is 6.82. The first-order valence-electron chi connectivity index (χ1n) is 14.1. The molecular formula is C30H33ClFN7O. The molecule has 0 spiro atoms. The van der Waals surface area contributed by atoms with Crippen LogP contribution in [0.15, 0.2) is 24.5 Å². The molecule has 10 heteroatoms. The summed E-state index contributed by atoms with van der Waals surface area (Å²) in [5.74, 6) is -0.0360. The van der Waals surface area contributed by atoms with Crippen LogP contribution in [0.4, 0.5) is 4.39 Å². The van der Waals surface area contributed by atoms with E-state index in [0.29, 0.717) is 34.5 Å². The van der Waals surface area contributed by atoms with Crippen molar-refractivity contribution >= 4 is 44.3 Å². The molecule has 2 aromatic carbocycles. The van der Waals surface area contributed by atoms with E-state index in [1.165, 1.54) is 0 Å². The van der Waals surface area contributed by atoms with E-state index >= 15 is 4.39 Å². The zero-order chi connectivity index (χ0) is 27.5. The Bertz CT molecular complexity index is 1760. The summed E-state index contributed by atoms with van der Waals surface area (Å²) in [5, 5.41) is 18.1. The van der Waals surface area contributed by atoms with Gasteiger partial charge in [-0.05, 0) is 89.5 Å². The lowest BCUT2D eigenvalue weighted by Gasteiger charge is -2.24. The second kappa shape index (κ2) is 9.98. The van der Waals surface area contributed by atoms with Crippen LogP contribution in [0.5, 0.6) is 5.88 Å². The van der Waals surface area contributed by atoms with Crippen molar-refractivity contribution in [1.82, 2.24) is 35.2 Å². The molecule has 2 saturated heterocycles. The van der Waals surface area contributed by atoms with Crippen LogP contribution >= 0.6 is 11.6 Å². The van der Waals surface area contributed by atoms with Crippen molar-refractivity contribution in [2.24, 2.45) is 0 Å². The van der Waals surface area contributed by atoms with E-state index < -0.39 is 5.82 Å². The number of nitrogens with one attached hydrogen (secondary N) is 2. The number of H-pyrrole nitrogens is 1. The van der Waals surface area contributed by atoms with Crippen LogP contribution in [0.1, 0.15) is 42.9 Å². The van der Waals surface area contributed by atoms with Gasteiger partial charge in [0.2, 0.25) is 5.88 Å². The second-order valence-corrected chi connectivity index (χ2v) is 11.7. The molecular weight excluding hydrogens is 529 g/mol. The van der Waals surface area contributed by atoms with Crippen molar-refractivity contribution in [3.05, 3.63) is 46.5 Å². The molecule has 3 aromatic heterocycles. The lowest BCUT2D eigenvalue weighted by molar-refractivity contribution is 0.195. The Morgan fingerprint density at radius 2 is 1.90 bits per heavy atom. The summed E-state index contributed by atoms with van der Waals surface area (Å²) < 4.78 is 25.3. The van der Waals surface area contributed by atoms with Crippen LogP contribution in [-0.2, 0) is 0 Å². The van der Waals surface area contributed by atoms with Gasteiger partial charge >= 0.3 is 0 Å². The summed E-state index contributed by atoms with van der Waals surface area (Å²) in [7, 11) is 2.12. The summed E-state index contributed by atoms with van der Waals surface area (Å²) in [6.07, 6.45) is 7.65. The molecule has 5 heterocycles. The Morgan fingerprint density at radius 3 is 2.67 bits per heavy atom. The molecule has 0 aliphatic carbocycles. The van der Waals surface area contributed by atoms with Crippen LogP contribution in [0, 0.1) is 19.7 Å². The maximum atomic E-state index is 16.9. The Balaban J connectivity index is 1.47. The number of pyridine rings is 1. The fourth-order valence-electron chi connectivity index (χ4n) is 6.53. The molecule has 2 aliphatic heterocycles. The van der Waals surface area contributed by atoms with Crippen molar-refractivity contribution in [3.8, 4) is 17.0 Å². The topological polar surface area (TPSA) is 83.9 Å². The monoisotopic (exact) mass is 561 g/mol. The van der Waals surface area contributed by atoms with Gasteiger partial charge in [-0.25, -0.2) is 9.37 Å². The molecule has 8 nitrogen and oxygen atoms in total. The number of aryl methyl sites for hydroxylation is 1. The highest BCUT2D eigenvalue weighted by molar-refractivity contribution is 6.35. The fraction of sp³-hybridized carbons (Fsp3) is 0.433. The van der Waals surface area contributed by atoms with E-state index in [1.54, 1.807) is 6.20 Å². The molecule has 0 saturated carbocycles. The first kappa shape index (κ1) is 25.7. The average Bonchev–Trinajstić information content (AvgIpc) is 3.70. The van der Waals surface area contributed by atoms with Gasteiger partial charge in [0, 0.05) is 27.9 Å². The molecule has 5 aromatic rings. The number of hydrogen-bond donors (Lipinski definition) is 2. The molecule has 2 fully saturated rings. The largest absolute Gasteiger partial charge is 0.475 e. The van der Waals surface area contributed by atoms with Gasteiger partial charge in [0.25, 0.3) is 0 Å². The summed E-state index contributed by atoms with van der Waals surface area (Å²) >= 11 is 6.97. The number of benzene rings is 2. The molecule has 2 N–H and O–H groups in total. The number of ether oxygens (including phenoxy) is 1. The summed E-state index contributed by atoms with van der Waals surface area (Å²) in [6, 6.07) is 4.39. The van der Waals surface area contributed by atoms with Crippen LogP contribution < -0.4 is 10.1 Å². The standard InChI is InChI=1S/C30H33ClFN7O/c1-16-11-24-21(13-34-37-24)25(17(16)2)26-23(31)12-20-28(27(26)32)36-30(40-15-19-5-4-10-38(19)3)22-14-35-39(29(20)22)18-6-8-33-9-7-18/h11-14,18-19,33H,4-10,15H2,1-3H3,(H,34,37). The number of rotatable bonds is 5. The van der Waals surface area contributed by atoms with E-state index in [1.807, 2.05) is 36.9 Å². The van der Waals surface area contributed by atoms with Gasteiger partial charge in [0.1, 0.15) is 12.1 Å². The number of likely N-dealkylation sites (N-methyl/N-ethyl adjacent to an activating group) is 1. The number of nitrogens with zero attached hydrogens (tertiary/aromatic N) is 5. The molecule has 1 unspecified atom stereocenters. The lowest BCUT2D eigenvalue weighted by Crippen LogP contribution is -2.30. The minimum absolute atomic E-state index is 0.198. The molecule has 40 heavy (non-hydrogen) atoms. The third kappa shape index (κ3) is 4.05. The zero-order valence-corrected chi connectivity index (χ0v) is 23.8. The third-order valence-corrected chi connectivity index (χ3v) is 9.24. The predicted octanol–water partition coefficient (Wildman–Crippen LogP) is 5.93. The number of hydrogen-bond acceptors (Lipinski definition) is 6. The molecule has 208 valence electrons. The van der Waals surface area contributed by atoms with E-state index in [4.69, 9.17) is 26.4 Å². The molecule has 7 rings (SSSR count). The van der Waals surface area contributed by atoms with Crippen LogP contribution in [0.2, 0.25) is 5.02 Å². The lowest BCUT2D eigenvalue weighted by atomic mass is 9.92. The van der Waals surface area contributed by atoms with Crippen molar-refractivity contribution in [1.29, 1.82) is 0 Å². The van der Waals surface area contributed by atoms with E-state index in [-0.39, 0.29) is 11.6 Å². The minimum Gasteiger partial charge on any atom is -0.475 e. The highest BCUT2D eigenvalue weighted by Gasteiger charge is 2.28. The average molecular weight is 562 g/mol. The summed E-state index contributed by atoms with van der Waals surface area (Å²) in [5.41, 5.74) is 4.96. The van der Waals surface area contributed by atoms with Gasteiger partial charge < -0.3 is 15.0 Å². The minimum atomic E-state index is -0.457. The van der Waals surface area contributed by atoms with Gasteiger partial charge in [0.15, 0.2) is 5.82 Å². The molecule has 0 amide bonds. The second-order valence-electron chi connectivity index (χ2n) is 11.3. The highest BCUT2D eigenvalue weighted by Crippen LogP contribution is 2.44. The third-order valence-electron chi connectivity index (χ3n) is 8.94. The first-order valence-corrected chi connectivity index (χ1v) is 14.5.